The number of likely N-dealkylation sites (tertiary alicyclic amines) is 1. The first kappa shape index (κ1) is 24.1. The van der Waals surface area contributed by atoms with E-state index in [0.29, 0.717) is 0 Å². The number of hydrogen-bond donors (Lipinski definition) is 1. The minimum Gasteiger partial charge on any atom is -0.497 e. The highest BCUT2D eigenvalue weighted by Gasteiger charge is 2.28. The van der Waals surface area contributed by atoms with Crippen molar-refractivity contribution < 1.29 is 9.53 Å². The van der Waals surface area contributed by atoms with E-state index >= 15 is 0 Å². The molecular formula is C30H34N4O2. The van der Waals surface area contributed by atoms with Gasteiger partial charge in [0.15, 0.2) is 0 Å². The fourth-order valence-corrected chi connectivity index (χ4v) is 5.11. The second-order valence-electron chi connectivity index (χ2n) is 9.67. The van der Waals surface area contributed by atoms with Crippen molar-refractivity contribution in [1.82, 2.24) is 19.8 Å². The SMILES string of the molecule is COc1ccc(Cn2c(CN3CCC[C@H](C(=O)N[C@@H](C)c4ccccc4)C3)nc3ccccc32)cc1. The fourth-order valence-electron chi connectivity index (χ4n) is 5.11. The Hall–Kier alpha value is -3.64. The number of imidazole rings is 1. The molecule has 2 atom stereocenters. The normalized spacial score (nSPS) is 17.1. The Morgan fingerprint density at radius 3 is 2.56 bits per heavy atom. The van der Waals surface area contributed by atoms with E-state index in [2.05, 4.69) is 64.2 Å². The number of hydrogen-bond acceptors (Lipinski definition) is 4. The Labute approximate surface area is 212 Å². The van der Waals surface area contributed by atoms with Crippen molar-refractivity contribution >= 4 is 16.9 Å². The van der Waals surface area contributed by atoms with Gasteiger partial charge in [-0.2, -0.15) is 0 Å². The molecule has 0 radical (unpaired) electrons. The van der Waals surface area contributed by atoms with Gasteiger partial charge in [0.1, 0.15) is 11.6 Å². The molecule has 186 valence electrons. The molecule has 4 aromatic rings. The lowest BCUT2D eigenvalue weighted by molar-refractivity contribution is -0.127. The number of nitrogens with zero attached hydrogens (tertiary/aromatic N) is 3. The fraction of sp³-hybridized carbons (Fsp3) is 0.333. The summed E-state index contributed by atoms with van der Waals surface area (Å²) in [6, 6.07) is 26.7. The molecule has 0 unspecified atom stereocenters. The topological polar surface area (TPSA) is 59.4 Å². The molecule has 2 heterocycles. The van der Waals surface area contributed by atoms with Crippen molar-refractivity contribution in [3.05, 3.63) is 95.8 Å². The highest BCUT2D eigenvalue weighted by atomic mass is 16.5. The standard InChI is InChI=1S/C30H34N4O2/c1-22(24-9-4-3-5-10-24)31-30(35)25-11-8-18-33(20-25)21-29-32-27-12-6-7-13-28(27)34(29)19-23-14-16-26(36-2)17-15-23/h3-7,9-10,12-17,22,25H,8,11,18-21H2,1-2H3,(H,31,35)/t22-,25-/m0/s1. The molecule has 3 aromatic carbocycles. The van der Waals surface area contributed by atoms with Crippen molar-refractivity contribution in [3.63, 3.8) is 0 Å². The lowest BCUT2D eigenvalue weighted by Crippen LogP contribution is -2.43. The first-order valence-electron chi connectivity index (χ1n) is 12.8. The molecule has 36 heavy (non-hydrogen) atoms. The van der Waals surface area contributed by atoms with Gasteiger partial charge in [0.25, 0.3) is 0 Å². The van der Waals surface area contributed by atoms with Crippen molar-refractivity contribution in [1.29, 1.82) is 0 Å². The summed E-state index contributed by atoms with van der Waals surface area (Å²) in [6.07, 6.45) is 1.93. The summed E-state index contributed by atoms with van der Waals surface area (Å²) in [6.45, 7) is 5.24. The van der Waals surface area contributed by atoms with Crippen LogP contribution in [-0.4, -0.2) is 40.6 Å². The molecule has 6 heteroatoms. The number of methoxy groups -OCH3 is 1. The average Bonchev–Trinajstić information content (AvgIpc) is 3.26. The summed E-state index contributed by atoms with van der Waals surface area (Å²) in [5.74, 6) is 2.02. The molecule has 1 aliphatic rings. The average molecular weight is 483 g/mol. The van der Waals surface area contributed by atoms with Gasteiger partial charge in [-0.25, -0.2) is 4.98 Å². The second kappa shape index (κ2) is 11.0. The quantitative estimate of drug-likeness (QED) is 0.376. The Morgan fingerprint density at radius 1 is 1.03 bits per heavy atom. The van der Waals surface area contributed by atoms with Crippen LogP contribution in [0.3, 0.4) is 0 Å². The molecule has 1 aromatic heterocycles. The summed E-state index contributed by atoms with van der Waals surface area (Å²) in [4.78, 5) is 20.5. The number of piperidine rings is 1. The van der Waals surface area contributed by atoms with E-state index < -0.39 is 0 Å². The van der Waals surface area contributed by atoms with Gasteiger partial charge in [0.2, 0.25) is 5.91 Å². The third kappa shape index (κ3) is 5.44. The molecule has 1 amide bonds. The van der Waals surface area contributed by atoms with Crippen LogP contribution in [0, 0.1) is 5.92 Å². The van der Waals surface area contributed by atoms with Crippen LogP contribution in [0.15, 0.2) is 78.9 Å². The van der Waals surface area contributed by atoms with Crippen LogP contribution in [0.25, 0.3) is 11.0 Å². The maximum Gasteiger partial charge on any atom is 0.224 e. The molecule has 0 saturated carbocycles. The van der Waals surface area contributed by atoms with Crippen molar-refractivity contribution in [3.8, 4) is 5.75 Å². The highest BCUT2D eigenvalue weighted by Crippen LogP contribution is 2.24. The number of amides is 1. The molecule has 6 nitrogen and oxygen atoms in total. The predicted octanol–water partition coefficient (Wildman–Crippen LogP) is 5.18. The highest BCUT2D eigenvalue weighted by molar-refractivity contribution is 5.79. The Kier molecular flexibility index (Phi) is 7.33. The van der Waals surface area contributed by atoms with E-state index in [4.69, 9.17) is 9.72 Å². The van der Waals surface area contributed by atoms with Crippen LogP contribution >= 0.6 is 0 Å². The van der Waals surface area contributed by atoms with Crippen LogP contribution in [-0.2, 0) is 17.9 Å². The molecule has 0 bridgehead atoms. The number of benzene rings is 3. The zero-order valence-electron chi connectivity index (χ0n) is 21.1. The van der Waals surface area contributed by atoms with Gasteiger partial charge < -0.3 is 14.6 Å². The van der Waals surface area contributed by atoms with Gasteiger partial charge in [0.05, 0.1) is 36.6 Å². The molecule has 0 spiro atoms. The molecule has 0 aliphatic carbocycles. The van der Waals surface area contributed by atoms with E-state index in [-0.39, 0.29) is 17.9 Å². The minimum absolute atomic E-state index is 0.00257. The van der Waals surface area contributed by atoms with Crippen LogP contribution in [0.5, 0.6) is 5.75 Å². The molecule has 1 fully saturated rings. The van der Waals surface area contributed by atoms with Crippen molar-refractivity contribution in [2.24, 2.45) is 5.92 Å². The molecule has 1 aliphatic heterocycles. The number of para-hydroxylation sites is 2. The van der Waals surface area contributed by atoms with E-state index in [1.807, 2.05) is 36.4 Å². The Balaban J connectivity index is 1.30. The summed E-state index contributed by atoms with van der Waals surface area (Å²) in [5, 5.41) is 3.23. The second-order valence-corrected chi connectivity index (χ2v) is 9.67. The summed E-state index contributed by atoms with van der Waals surface area (Å²) in [5.41, 5.74) is 4.46. The van der Waals surface area contributed by atoms with E-state index in [0.717, 1.165) is 67.2 Å². The van der Waals surface area contributed by atoms with Crippen LogP contribution in [0.4, 0.5) is 0 Å². The maximum absolute atomic E-state index is 13.1. The maximum atomic E-state index is 13.1. The summed E-state index contributed by atoms with van der Waals surface area (Å²) >= 11 is 0. The number of aromatic nitrogens is 2. The van der Waals surface area contributed by atoms with Crippen LogP contribution in [0.2, 0.25) is 0 Å². The third-order valence-electron chi connectivity index (χ3n) is 7.13. The molecule has 1 N–H and O–H groups in total. The van der Waals surface area contributed by atoms with Crippen LogP contribution in [0.1, 0.15) is 42.8 Å². The first-order valence-corrected chi connectivity index (χ1v) is 12.8. The Bertz CT molecular complexity index is 1300. The molecule has 1 saturated heterocycles. The van der Waals surface area contributed by atoms with Gasteiger partial charge >= 0.3 is 0 Å². The van der Waals surface area contributed by atoms with E-state index in [1.54, 1.807) is 7.11 Å². The minimum atomic E-state index is -0.00988. The smallest absolute Gasteiger partial charge is 0.224 e. The monoisotopic (exact) mass is 482 g/mol. The lowest BCUT2D eigenvalue weighted by atomic mass is 9.96. The third-order valence-corrected chi connectivity index (χ3v) is 7.13. The van der Waals surface area contributed by atoms with Crippen molar-refractivity contribution in [2.75, 3.05) is 20.2 Å². The number of carbonyl (C=O) groups excluding carboxylic acids is 1. The number of fused-ring (bicyclic) bond motifs is 1. The number of nitrogens with one attached hydrogen (secondary N) is 1. The van der Waals surface area contributed by atoms with Gasteiger partial charge in [0, 0.05) is 13.1 Å². The predicted molar refractivity (Wildman–Crippen MR) is 143 cm³/mol. The van der Waals surface area contributed by atoms with Crippen molar-refractivity contribution in [2.45, 2.75) is 38.9 Å². The zero-order chi connectivity index (χ0) is 24.9. The van der Waals surface area contributed by atoms with E-state index in [9.17, 15) is 4.79 Å². The lowest BCUT2D eigenvalue weighted by Gasteiger charge is -2.32. The number of ether oxygens (including phenoxy) is 1. The first-order chi connectivity index (χ1) is 17.6. The van der Waals surface area contributed by atoms with Gasteiger partial charge in [-0.15, -0.1) is 0 Å². The van der Waals surface area contributed by atoms with E-state index in [1.165, 1.54) is 5.56 Å². The van der Waals surface area contributed by atoms with Gasteiger partial charge in [-0.1, -0.05) is 54.6 Å². The zero-order valence-corrected chi connectivity index (χ0v) is 21.1. The number of carbonyl (C=O) groups is 1. The largest absolute Gasteiger partial charge is 0.497 e. The van der Waals surface area contributed by atoms with Gasteiger partial charge in [-0.05, 0) is 61.7 Å². The number of rotatable bonds is 8. The molecular weight excluding hydrogens is 448 g/mol. The molecule has 5 rings (SSSR count). The van der Waals surface area contributed by atoms with Crippen LogP contribution < -0.4 is 10.1 Å². The Morgan fingerprint density at radius 2 is 1.78 bits per heavy atom. The van der Waals surface area contributed by atoms with Gasteiger partial charge in [-0.3, -0.25) is 9.69 Å². The summed E-state index contributed by atoms with van der Waals surface area (Å²) < 4.78 is 7.62. The summed E-state index contributed by atoms with van der Waals surface area (Å²) in [7, 11) is 1.69.